The van der Waals surface area contributed by atoms with Gasteiger partial charge in [-0.05, 0) is 25.1 Å². The second-order valence-corrected chi connectivity index (χ2v) is 7.69. The number of nitrogens with zero attached hydrogens (tertiary/aromatic N) is 3. The molecule has 0 amide bonds. The molecule has 3 aromatic rings. The standard InChI is InChI=1S/C18H18N4O2S/c1-21-7-6-11-10-4-2-3-5-12(10)19-14(11)15(21)13-16(23)20-18-22(17(13)24)8-9-25-18/h2-5,15,19,23H,6-9H2,1H3/t15-/m0/s1. The molecule has 0 radical (unpaired) electrons. The van der Waals surface area contributed by atoms with Crippen molar-refractivity contribution in [3.8, 4) is 5.88 Å². The maximum Gasteiger partial charge on any atom is 0.263 e. The first-order valence-electron chi connectivity index (χ1n) is 8.41. The number of hydrogen-bond acceptors (Lipinski definition) is 5. The Morgan fingerprint density at radius 2 is 2.16 bits per heavy atom. The highest BCUT2D eigenvalue weighted by Crippen LogP contribution is 2.39. The highest BCUT2D eigenvalue weighted by Gasteiger charge is 2.35. The van der Waals surface area contributed by atoms with Gasteiger partial charge in [0.2, 0.25) is 5.88 Å². The van der Waals surface area contributed by atoms with Gasteiger partial charge in [-0.2, -0.15) is 4.98 Å². The van der Waals surface area contributed by atoms with Crippen molar-refractivity contribution in [3.05, 3.63) is 51.4 Å². The Balaban J connectivity index is 1.77. The summed E-state index contributed by atoms with van der Waals surface area (Å²) in [5, 5.41) is 12.4. The van der Waals surface area contributed by atoms with E-state index in [0.717, 1.165) is 29.9 Å². The van der Waals surface area contributed by atoms with Gasteiger partial charge in [-0.15, -0.1) is 0 Å². The van der Waals surface area contributed by atoms with E-state index in [1.54, 1.807) is 4.57 Å². The number of H-pyrrole nitrogens is 1. The van der Waals surface area contributed by atoms with Crippen LogP contribution in [0.4, 0.5) is 0 Å². The number of aromatic amines is 1. The van der Waals surface area contributed by atoms with E-state index in [4.69, 9.17) is 0 Å². The Morgan fingerprint density at radius 3 is 3.04 bits per heavy atom. The van der Waals surface area contributed by atoms with E-state index < -0.39 is 0 Å². The molecular formula is C18H18N4O2S. The van der Waals surface area contributed by atoms with Crippen molar-refractivity contribution < 1.29 is 5.11 Å². The third-order valence-corrected chi connectivity index (χ3v) is 6.20. The number of aromatic hydroxyl groups is 1. The van der Waals surface area contributed by atoms with Crippen LogP contribution < -0.4 is 5.56 Å². The van der Waals surface area contributed by atoms with Crippen molar-refractivity contribution in [2.75, 3.05) is 19.3 Å². The lowest BCUT2D eigenvalue weighted by Gasteiger charge is -2.32. The molecule has 0 spiro atoms. The fourth-order valence-electron chi connectivity index (χ4n) is 4.04. The van der Waals surface area contributed by atoms with Gasteiger partial charge < -0.3 is 10.1 Å². The Labute approximate surface area is 148 Å². The van der Waals surface area contributed by atoms with E-state index in [1.165, 1.54) is 22.7 Å². The molecule has 6 nitrogen and oxygen atoms in total. The van der Waals surface area contributed by atoms with E-state index in [9.17, 15) is 9.90 Å². The summed E-state index contributed by atoms with van der Waals surface area (Å²) in [5.41, 5.74) is 3.54. The molecule has 0 bridgehead atoms. The molecule has 2 N–H and O–H groups in total. The molecule has 0 unspecified atom stereocenters. The molecule has 2 aliphatic rings. The van der Waals surface area contributed by atoms with Gasteiger partial charge in [-0.1, -0.05) is 30.0 Å². The van der Waals surface area contributed by atoms with Crippen LogP contribution in [0, 0.1) is 0 Å². The monoisotopic (exact) mass is 354 g/mol. The average Bonchev–Trinajstić information content (AvgIpc) is 3.20. The summed E-state index contributed by atoms with van der Waals surface area (Å²) in [6, 6.07) is 7.89. The largest absolute Gasteiger partial charge is 0.493 e. The fraction of sp³-hybridized carbons (Fsp3) is 0.333. The van der Waals surface area contributed by atoms with Crippen LogP contribution in [0.5, 0.6) is 5.88 Å². The first-order valence-corrected chi connectivity index (χ1v) is 9.40. The molecule has 1 aromatic carbocycles. The average molecular weight is 354 g/mol. The molecule has 0 aliphatic carbocycles. The van der Waals surface area contributed by atoms with Crippen molar-refractivity contribution in [1.29, 1.82) is 0 Å². The van der Waals surface area contributed by atoms with Gasteiger partial charge in [-0.3, -0.25) is 14.3 Å². The lowest BCUT2D eigenvalue weighted by molar-refractivity contribution is 0.251. The molecule has 0 saturated carbocycles. The van der Waals surface area contributed by atoms with E-state index in [-0.39, 0.29) is 17.5 Å². The predicted molar refractivity (Wildman–Crippen MR) is 97.4 cm³/mol. The number of aromatic nitrogens is 3. The number of benzene rings is 1. The molecule has 0 saturated heterocycles. The summed E-state index contributed by atoms with van der Waals surface area (Å²) in [6.07, 6.45) is 0.919. The predicted octanol–water partition coefficient (Wildman–Crippen LogP) is 2.11. The van der Waals surface area contributed by atoms with Crippen LogP contribution in [0.15, 0.2) is 34.2 Å². The number of para-hydroxylation sites is 1. The minimum Gasteiger partial charge on any atom is -0.493 e. The summed E-state index contributed by atoms with van der Waals surface area (Å²) < 4.78 is 1.69. The van der Waals surface area contributed by atoms with Crippen molar-refractivity contribution in [3.63, 3.8) is 0 Å². The van der Waals surface area contributed by atoms with Crippen molar-refractivity contribution in [1.82, 2.24) is 19.4 Å². The molecule has 0 fully saturated rings. The van der Waals surface area contributed by atoms with Crippen LogP contribution in [0.25, 0.3) is 10.9 Å². The van der Waals surface area contributed by atoms with Crippen molar-refractivity contribution in [2.24, 2.45) is 0 Å². The Kier molecular flexibility index (Phi) is 3.23. The van der Waals surface area contributed by atoms with Crippen molar-refractivity contribution >= 4 is 22.7 Å². The van der Waals surface area contributed by atoms with Crippen LogP contribution in [0.3, 0.4) is 0 Å². The van der Waals surface area contributed by atoms with Crippen molar-refractivity contribution in [2.45, 2.75) is 24.2 Å². The van der Waals surface area contributed by atoms with Gasteiger partial charge in [0.1, 0.15) is 5.56 Å². The zero-order valence-corrected chi connectivity index (χ0v) is 14.6. The lowest BCUT2D eigenvalue weighted by Crippen LogP contribution is -2.37. The maximum atomic E-state index is 13.1. The fourth-order valence-corrected chi connectivity index (χ4v) is 4.98. The molecule has 7 heteroatoms. The van der Waals surface area contributed by atoms with Gasteiger partial charge in [0.25, 0.3) is 5.56 Å². The highest BCUT2D eigenvalue weighted by molar-refractivity contribution is 7.99. The topological polar surface area (TPSA) is 74.2 Å². The number of hydrogen-bond donors (Lipinski definition) is 2. The summed E-state index contributed by atoms with van der Waals surface area (Å²) >= 11 is 1.51. The molecule has 1 atom stereocenters. The maximum absolute atomic E-state index is 13.1. The first-order chi connectivity index (χ1) is 12.1. The lowest BCUT2D eigenvalue weighted by atomic mass is 9.94. The molecule has 2 aromatic heterocycles. The number of fused-ring (bicyclic) bond motifs is 4. The second-order valence-electron chi connectivity index (χ2n) is 6.63. The first kappa shape index (κ1) is 15.0. The molecule has 5 rings (SSSR count). The molecule has 2 aliphatic heterocycles. The van der Waals surface area contributed by atoms with Crippen LogP contribution >= 0.6 is 11.8 Å². The van der Waals surface area contributed by atoms with E-state index in [1.807, 2.05) is 19.2 Å². The Bertz CT molecular complexity index is 1060. The third-order valence-electron chi connectivity index (χ3n) is 5.24. The smallest absolute Gasteiger partial charge is 0.263 e. The number of nitrogens with one attached hydrogen (secondary N) is 1. The summed E-state index contributed by atoms with van der Waals surface area (Å²) in [6.45, 7) is 1.48. The number of rotatable bonds is 1. The number of likely N-dealkylation sites (N-methyl/N-ethyl adjacent to an activating group) is 1. The Hall–Kier alpha value is -2.25. The quantitative estimate of drug-likeness (QED) is 0.655. The third kappa shape index (κ3) is 2.09. The molecule has 25 heavy (non-hydrogen) atoms. The summed E-state index contributed by atoms with van der Waals surface area (Å²) in [4.78, 5) is 23.0. The number of thioether (sulfide) groups is 1. The summed E-state index contributed by atoms with van der Waals surface area (Å²) in [5.74, 6) is 0.678. The van der Waals surface area contributed by atoms with E-state index in [0.29, 0.717) is 17.3 Å². The highest BCUT2D eigenvalue weighted by atomic mass is 32.2. The Morgan fingerprint density at radius 1 is 1.32 bits per heavy atom. The van der Waals surface area contributed by atoms with E-state index in [2.05, 4.69) is 27.0 Å². The van der Waals surface area contributed by atoms with Gasteiger partial charge in [0.15, 0.2) is 5.16 Å². The molecule has 4 heterocycles. The normalized spacial score (nSPS) is 20.0. The SMILES string of the molecule is CN1CCc2c([nH]c3ccccc23)[C@@H]1c1c(O)nc2n(c1=O)CCS2. The van der Waals surface area contributed by atoms with Gasteiger partial charge in [0, 0.05) is 35.4 Å². The van der Waals surface area contributed by atoms with E-state index >= 15 is 0 Å². The zero-order chi connectivity index (χ0) is 17.1. The second kappa shape index (κ2) is 5.37. The molecular weight excluding hydrogens is 336 g/mol. The van der Waals surface area contributed by atoms with Gasteiger partial charge in [-0.25, -0.2) is 0 Å². The van der Waals surface area contributed by atoms with Crippen LogP contribution in [-0.2, 0) is 13.0 Å². The van der Waals surface area contributed by atoms with Gasteiger partial charge in [0.05, 0.1) is 6.04 Å². The minimum absolute atomic E-state index is 0.129. The minimum atomic E-state index is -0.306. The van der Waals surface area contributed by atoms with Gasteiger partial charge >= 0.3 is 0 Å². The van der Waals surface area contributed by atoms with Crippen LogP contribution in [0.2, 0.25) is 0 Å². The zero-order valence-electron chi connectivity index (χ0n) is 13.8. The molecule has 128 valence electrons. The summed E-state index contributed by atoms with van der Waals surface area (Å²) in [7, 11) is 1.99. The van der Waals surface area contributed by atoms with Crippen LogP contribution in [0.1, 0.15) is 22.9 Å². The van der Waals surface area contributed by atoms with Crippen LogP contribution in [-0.4, -0.2) is 43.9 Å².